The van der Waals surface area contributed by atoms with E-state index >= 15 is 0 Å². The Kier molecular flexibility index (Phi) is 4.05. The maximum absolute atomic E-state index is 9.52. The molecule has 0 aromatic rings. The van der Waals surface area contributed by atoms with Crippen LogP contribution in [0.4, 0.5) is 0 Å². The summed E-state index contributed by atoms with van der Waals surface area (Å²) in [5.74, 6) is 1.20. The average molecular weight is 229 g/mol. The fourth-order valence-corrected chi connectivity index (χ4v) is 3.27. The van der Waals surface area contributed by atoms with Gasteiger partial charge in [0.25, 0.3) is 0 Å². The first-order valence-corrected chi connectivity index (χ1v) is 7.07. The van der Waals surface area contributed by atoms with E-state index in [1.165, 1.54) is 43.3 Å². The summed E-state index contributed by atoms with van der Waals surface area (Å²) in [6.45, 7) is 4.57. The fraction of sp³-hybridized carbons (Fsp3) is 0.688. The SMILES string of the molecule is CC1CCCC=C1C(C#N)=C1CCCCC1C. The summed E-state index contributed by atoms with van der Waals surface area (Å²) < 4.78 is 0. The lowest BCUT2D eigenvalue weighted by atomic mass is 9.77. The van der Waals surface area contributed by atoms with E-state index in [4.69, 9.17) is 0 Å². The lowest BCUT2D eigenvalue weighted by Gasteiger charge is -2.27. The zero-order valence-corrected chi connectivity index (χ0v) is 11.1. The molecule has 2 unspecified atom stereocenters. The molecule has 0 aromatic carbocycles. The normalized spacial score (nSPS) is 32.6. The highest BCUT2D eigenvalue weighted by Gasteiger charge is 2.23. The Balaban J connectivity index is 2.35. The molecule has 0 heterocycles. The lowest BCUT2D eigenvalue weighted by molar-refractivity contribution is 0.477. The summed E-state index contributed by atoms with van der Waals surface area (Å²) in [6, 6.07) is 2.51. The van der Waals surface area contributed by atoms with Gasteiger partial charge in [0, 0.05) is 0 Å². The molecule has 0 bridgehead atoms. The molecule has 2 aliphatic carbocycles. The zero-order chi connectivity index (χ0) is 12.3. The van der Waals surface area contributed by atoms with Crippen molar-refractivity contribution in [3.63, 3.8) is 0 Å². The van der Waals surface area contributed by atoms with Crippen LogP contribution >= 0.6 is 0 Å². The van der Waals surface area contributed by atoms with E-state index in [0.717, 1.165) is 18.4 Å². The molecule has 2 aliphatic rings. The molecular weight excluding hydrogens is 206 g/mol. The molecule has 0 aromatic heterocycles. The molecule has 1 heteroatoms. The van der Waals surface area contributed by atoms with E-state index in [0.29, 0.717) is 11.8 Å². The first-order valence-electron chi connectivity index (χ1n) is 7.07. The molecule has 1 fully saturated rings. The molecule has 1 nitrogen and oxygen atoms in total. The minimum atomic E-state index is 0.583. The minimum Gasteiger partial charge on any atom is -0.192 e. The van der Waals surface area contributed by atoms with E-state index in [-0.39, 0.29) is 0 Å². The monoisotopic (exact) mass is 229 g/mol. The molecule has 0 aliphatic heterocycles. The topological polar surface area (TPSA) is 23.8 Å². The number of allylic oxidation sites excluding steroid dienone is 4. The van der Waals surface area contributed by atoms with Gasteiger partial charge in [-0.15, -0.1) is 0 Å². The smallest absolute Gasteiger partial charge is 0.0994 e. The van der Waals surface area contributed by atoms with Crippen molar-refractivity contribution in [2.45, 2.75) is 58.8 Å². The predicted octanol–water partition coefficient (Wildman–Crippen LogP) is 4.76. The van der Waals surface area contributed by atoms with Crippen LogP contribution in [0.5, 0.6) is 0 Å². The van der Waals surface area contributed by atoms with Gasteiger partial charge in [0.15, 0.2) is 0 Å². The van der Waals surface area contributed by atoms with Crippen molar-refractivity contribution < 1.29 is 0 Å². The Morgan fingerprint density at radius 1 is 1.18 bits per heavy atom. The maximum atomic E-state index is 9.52. The van der Waals surface area contributed by atoms with Crippen LogP contribution in [0.15, 0.2) is 22.8 Å². The molecule has 0 radical (unpaired) electrons. The van der Waals surface area contributed by atoms with Gasteiger partial charge in [-0.3, -0.25) is 0 Å². The molecule has 0 spiro atoms. The van der Waals surface area contributed by atoms with Gasteiger partial charge >= 0.3 is 0 Å². The summed E-state index contributed by atoms with van der Waals surface area (Å²) >= 11 is 0. The highest BCUT2D eigenvalue weighted by atomic mass is 14.3. The summed E-state index contributed by atoms with van der Waals surface area (Å²) in [6.07, 6.45) is 11.0. The molecule has 2 atom stereocenters. The van der Waals surface area contributed by atoms with Gasteiger partial charge in [-0.25, -0.2) is 0 Å². The van der Waals surface area contributed by atoms with E-state index < -0.39 is 0 Å². The van der Waals surface area contributed by atoms with Gasteiger partial charge in [-0.05, 0) is 61.5 Å². The molecule has 2 rings (SSSR count). The molecule has 0 N–H and O–H groups in total. The molecule has 0 saturated heterocycles. The largest absolute Gasteiger partial charge is 0.192 e. The van der Waals surface area contributed by atoms with Crippen molar-refractivity contribution in [1.82, 2.24) is 0 Å². The van der Waals surface area contributed by atoms with Gasteiger partial charge in [-0.1, -0.05) is 26.3 Å². The molecule has 17 heavy (non-hydrogen) atoms. The van der Waals surface area contributed by atoms with Crippen molar-refractivity contribution in [3.8, 4) is 6.07 Å². The van der Waals surface area contributed by atoms with Crippen LogP contribution < -0.4 is 0 Å². The predicted molar refractivity (Wildman–Crippen MR) is 71.4 cm³/mol. The van der Waals surface area contributed by atoms with Crippen molar-refractivity contribution in [2.24, 2.45) is 11.8 Å². The van der Waals surface area contributed by atoms with E-state index in [1.807, 2.05) is 0 Å². The van der Waals surface area contributed by atoms with E-state index in [1.54, 1.807) is 0 Å². The van der Waals surface area contributed by atoms with E-state index in [9.17, 15) is 5.26 Å². The van der Waals surface area contributed by atoms with Crippen LogP contribution in [0.2, 0.25) is 0 Å². The highest BCUT2D eigenvalue weighted by molar-refractivity contribution is 5.48. The quantitative estimate of drug-likeness (QED) is 0.594. The Bertz CT molecular complexity index is 381. The molecular formula is C16H23N. The van der Waals surface area contributed by atoms with Crippen molar-refractivity contribution in [2.75, 3.05) is 0 Å². The first kappa shape index (κ1) is 12.4. The third-order valence-electron chi connectivity index (χ3n) is 4.39. The van der Waals surface area contributed by atoms with Crippen LogP contribution in [-0.2, 0) is 0 Å². The van der Waals surface area contributed by atoms with Crippen LogP contribution in [0, 0.1) is 23.2 Å². The standard InChI is InChI=1S/C16H23N/c1-12-7-3-5-9-14(12)16(11-17)15-10-6-4-8-13(15)2/h9,12-13H,3-8,10H2,1-2H3. The van der Waals surface area contributed by atoms with Gasteiger partial charge in [0.2, 0.25) is 0 Å². The Morgan fingerprint density at radius 3 is 2.59 bits per heavy atom. The minimum absolute atomic E-state index is 0.583. The second kappa shape index (κ2) is 5.54. The van der Waals surface area contributed by atoms with E-state index in [2.05, 4.69) is 26.0 Å². The third-order valence-corrected chi connectivity index (χ3v) is 4.39. The number of hydrogen-bond donors (Lipinski definition) is 0. The van der Waals surface area contributed by atoms with Crippen LogP contribution in [0.3, 0.4) is 0 Å². The van der Waals surface area contributed by atoms with Crippen molar-refractivity contribution in [3.05, 3.63) is 22.8 Å². The van der Waals surface area contributed by atoms with Crippen LogP contribution in [0.1, 0.15) is 58.8 Å². The van der Waals surface area contributed by atoms with Crippen LogP contribution in [-0.4, -0.2) is 0 Å². The molecule has 0 amide bonds. The second-order valence-electron chi connectivity index (χ2n) is 5.65. The number of nitriles is 1. The van der Waals surface area contributed by atoms with Gasteiger partial charge in [0.1, 0.15) is 0 Å². The summed E-state index contributed by atoms with van der Waals surface area (Å²) in [5.41, 5.74) is 3.84. The van der Waals surface area contributed by atoms with Gasteiger partial charge < -0.3 is 0 Å². The highest BCUT2D eigenvalue weighted by Crippen LogP contribution is 2.37. The maximum Gasteiger partial charge on any atom is 0.0994 e. The van der Waals surface area contributed by atoms with Gasteiger partial charge in [0.05, 0.1) is 11.6 Å². The van der Waals surface area contributed by atoms with Crippen LogP contribution in [0.25, 0.3) is 0 Å². The third kappa shape index (κ3) is 2.63. The summed E-state index contributed by atoms with van der Waals surface area (Å²) in [4.78, 5) is 0. The number of nitrogens with zero attached hydrogens (tertiary/aromatic N) is 1. The Morgan fingerprint density at radius 2 is 1.94 bits per heavy atom. The van der Waals surface area contributed by atoms with Crippen molar-refractivity contribution >= 4 is 0 Å². The average Bonchev–Trinajstić information content (AvgIpc) is 2.34. The zero-order valence-electron chi connectivity index (χ0n) is 11.1. The number of hydrogen-bond acceptors (Lipinski definition) is 1. The number of rotatable bonds is 1. The molecule has 92 valence electrons. The lowest BCUT2D eigenvalue weighted by Crippen LogP contribution is -2.13. The Hall–Kier alpha value is -1.03. The fourth-order valence-electron chi connectivity index (χ4n) is 3.27. The van der Waals surface area contributed by atoms with Gasteiger partial charge in [-0.2, -0.15) is 5.26 Å². The van der Waals surface area contributed by atoms with Crippen molar-refractivity contribution in [1.29, 1.82) is 5.26 Å². The Labute approximate surface area is 105 Å². The first-order chi connectivity index (χ1) is 8.24. The summed E-state index contributed by atoms with van der Waals surface area (Å²) in [5, 5.41) is 9.52. The summed E-state index contributed by atoms with van der Waals surface area (Å²) in [7, 11) is 0. The second-order valence-corrected chi connectivity index (χ2v) is 5.65. The molecule has 1 saturated carbocycles.